The molecule has 0 unspecified atom stereocenters. The summed E-state index contributed by atoms with van der Waals surface area (Å²) in [5.41, 5.74) is 0.892. The Morgan fingerprint density at radius 1 is 1.29 bits per heavy atom. The Bertz CT molecular complexity index is 422. The summed E-state index contributed by atoms with van der Waals surface area (Å²) in [6, 6.07) is 0. The van der Waals surface area contributed by atoms with Gasteiger partial charge in [-0.2, -0.15) is 0 Å². The van der Waals surface area contributed by atoms with E-state index >= 15 is 0 Å². The summed E-state index contributed by atoms with van der Waals surface area (Å²) in [5, 5.41) is -0.109. The van der Waals surface area contributed by atoms with Crippen molar-refractivity contribution in [2.75, 3.05) is 24.2 Å². The third-order valence-corrected chi connectivity index (χ3v) is 3.04. The Hall–Kier alpha value is -1.17. The predicted molar refractivity (Wildman–Crippen MR) is 52.0 cm³/mol. The van der Waals surface area contributed by atoms with Crippen LogP contribution in [0.5, 0.6) is 0 Å². The molecule has 0 N–H and O–H groups in total. The molecule has 0 amide bonds. The van der Waals surface area contributed by atoms with Gasteiger partial charge >= 0.3 is 0 Å². The first-order valence-corrected chi connectivity index (χ1v) is 6.23. The molecule has 0 spiro atoms. The van der Waals surface area contributed by atoms with Gasteiger partial charge in [-0.25, -0.2) is 18.4 Å². The van der Waals surface area contributed by atoms with Gasteiger partial charge in [0.1, 0.15) is 0 Å². The minimum atomic E-state index is -3.27. The van der Waals surface area contributed by atoms with Crippen LogP contribution in [0.2, 0.25) is 0 Å². The van der Waals surface area contributed by atoms with Gasteiger partial charge in [0.15, 0.2) is 0 Å². The molecule has 0 bridgehead atoms. The van der Waals surface area contributed by atoms with Crippen LogP contribution >= 0.6 is 0 Å². The molecule has 1 aromatic rings. The van der Waals surface area contributed by atoms with Crippen LogP contribution in [0.15, 0.2) is 17.6 Å². The third-order valence-electron chi connectivity index (χ3n) is 2.17. The number of rotatable bonds is 2. The first-order chi connectivity index (χ1) is 6.57. The van der Waals surface area contributed by atoms with E-state index in [9.17, 15) is 8.42 Å². The maximum atomic E-state index is 11.1. The van der Waals surface area contributed by atoms with Gasteiger partial charge in [0.05, 0.1) is 18.1 Å². The van der Waals surface area contributed by atoms with Crippen molar-refractivity contribution in [2.45, 2.75) is 11.6 Å². The van der Waals surface area contributed by atoms with E-state index in [4.69, 9.17) is 0 Å². The van der Waals surface area contributed by atoms with Gasteiger partial charge in [0, 0.05) is 19.3 Å². The van der Waals surface area contributed by atoms with Crippen LogP contribution in [0.3, 0.4) is 0 Å². The Morgan fingerprint density at radius 2 is 1.86 bits per heavy atom. The summed E-state index contributed by atoms with van der Waals surface area (Å²) in [5.74, 6) is 0. The van der Waals surface area contributed by atoms with Crippen molar-refractivity contribution in [3.05, 3.63) is 12.4 Å². The molecule has 0 radical (unpaired) electrons. The van der Waals surface area contributed by atoms with Crippen molar-refractivity contribution in [3.8, 4) is 0 Å². The number of sulfone groups is 1. The summed E-state index contributed by atoms with van der Waals surface area (Å²) in [7, 11) is -3.27. The summed E-state index contributed by atoms with van der Waals surface area (Å²) in [6.45, 7) is 2.00. The SMILES string of the molecule is CS(=O)(=O)c1ncc(N2CCC2)cn1. The predicted octanol–water partition coefficient (Wildman–Crippen LogP) is 0.0902. The van der Waals surface area contributed by atoms with Gasteiger partial charge in [0.2, 0.25) is 15.0 Å². The first-order valence-electron chi connectivity index (χ1n) is 4.34. The fourth-order valence-corrected chi connectivity index (χ4v) is 1.73. The highest BCUT2D eigenvalue weighted by Gasteiger charge is 2.16. The van der Waals surface area contributed by atoms with Crippen LogP contribution in [-0.4, -0.2) is 37.7 Å². The zero-order valence-electron chi connectivity index (χ0n) is 7.84. The molecular weight excluding hydrogens is 202 g/mol. The van der Waals surface area contributed by atoms with Crippen molar-refractivity contribution >= 4 is 15.5 Å². The van der Waals surface area contributed by atoms with Crippen LogP contribution in [0, 0.1) is 0 Å². The fraction of sp³-hybridized carbons (Fsp3) is 0.500. The second-order valence-electron chi connectivity index (χ2n) is 3.34. The Labute approximate surface area is 82.7 Å². The van der Waals surface area contributed by atoms with Crippen LogP contribution in [-0.2, 0) is 9.84 Å². The van der Waals surface area contributed by atoms with Crippen LogP contribution in [0.1, 0.15) is 6.42 Å². The Kier molecular flexibility index (Phi) is 2.14. The number of hydrogen-bond acceptors (Lipinski definition) is 5. The summed E-state index contributed by atoms with van der Waals surface area (Å²) in [6.07, 6.45) is 5.39. The molecular formula is C8H11N3O2S. The van der Waals surface area contributed by atoms with E-state index in [2.05, 4.69) is 14.9 Å². The highest BCUT2D eigenvalue weighted by Crippen LogP contribution is 2.18. The smallest absolute Gasteiger partial charge is 0.246 e. The van der Waals surface area contributed by atoms with E-state index in [1.165, 1.54) is 6.42 Å². The van der Waals surface area contributed by atoms with Crippen molar-refractivity contribution in [3.63, 3.8) is 0 Å². The number of hydrogen-bond donors (Lipinski definition) is 0. The van der Waals surface area contributed by atoms with Crippen molar-refractivity contribution in [1.29, 1.82) is 0 Å². The number of nitrogens with zero attached hydrogens (tertiary/aromatic N) is 3. The average molecular weight is 213 g/mol. The lowest BCUT2D eigenvalue weighted by Gasteiger charge is -2.32. The fourth-order valence-electron chi connectivity index (χ4n) is 1.24. The van der Waals surface area contributed by atoms with Crippen molar-refractivity contribution in [1.82, 2.24) is 9.97 Å². The van der Waals surface area contributed by atoms with E-state index < -0.39 is 9.84 Å². The van der Waals surface area contributed by atoms with Gasteiger partial charge in [0.25, 0.3) is 0 Å². The Balaban J connectivity index is 2.26. The van der Waals surface area contributed by atoms with E-state index in [0.717, 1.165) is 25.0 Å². The topological polar surface area (TPSA) is 63.2 Å². The normalized spacial score (nSPS) is 16.5. The van der Waals surface area contributed by atoms with Crippen LogP contribution < -0.4 is 4.90 Å². The van der Waals surface area contributed by atoms with Gasteiger partial charge in [-0.05, 0) is 6.42 Å². The molecule has 14 heavy (non-hydrogen) atoms. The van der Waals surface area contributed by atoms with Gasteiger partial charge in [-0.1, -0.05) is 0 Å². The zero-order valence-corrected chi connectivity index (χ0v) is 8.66. The van der Waals surface area contributed by atoms with Gasteiger partial charge in [-0.15, -0.1) is 0 Å². The lowest BCUT2D eigenvalue weighted by Crippen LogP contribution is -2.37. The standard InChI is InChI=1S/C8H11N3O2S/c1-14(12,13)8-9-5-7(6-10-8)11-3-2-4-11/h5-6H,2-4H2,1H3. The van der Waals surface area contributed by atoms with E-state index in [-0.39, 0.29) is 5.16 Å². The molecule has 2 rings (SSSR count). The second kappa shape index (κ2) is 3.20. The molecule has 1 fully saturated rings. The Morgan fingerprint density at radius 3 is 2.21 bits per heavy atom. The summed E-state index contributed by atoms with van der Waals surface area (Å²) in [4.78, 5) is 9.73. The van der Waals surface area contributed by atoms with E-state index in [0.29, 0.717) is 0 Å². The van der Waals surface area contributed by atoms with Crippen molar-refractivity contribution in [2.24, 2.45) is 0 Å². The molecule has 1 saturated heterocycles. The molecule has 0 aliphatic carbocycles. The maximum absolute atomic E-state index is 11.1. The lowest BCUT2D eigenvalue weighted by atomic mass is 10.2. The van der Waals surface area contributed by atoms with Crippen molar-refractivity contribution < 1.29 is 8.42 Å². The molecule has 5 nitrogen and oxygen atoms in total. The molecule has 0 saturated carbocycles. The average Bonchev–Trinajstić information content (AvgIpc) is 2.00. The molecule has 76 valence electrons. The summed E-state index contributed by atoms with van der Waals surface area (Å²) < 4.78 is 22.1. The highest BCUT2D eigenvalue weighted by atomic mass is 32.2. The molecule has 1 aliphatic rings. The monoisotopic (exact) mass is 213 g/mol. The van der Waals surface area contributed by atoms with Crippen LogP contribution in [0.25, 0.3) is 0 Å². The minimum absolute atomic E-state index is 0.109. The van der Waals surface area contributed by atoms with Gasteiger partial charge < -0.3 is 4.90 Å². The quantitative estimate of drug-likeness (QED) is 0.651. The molecule has 1 aromatic heterocycles. The zero-order chi connectivity index (χ0) is 10.2. The third kappa shape index (κ3) is 1.70. The molecule has 0 atom stereocenters. The molecule has 1 aliphatic heterocycles. The number of aromatic nitrogens is 2. The van der Waals surface area contributed by atoms with Gasteiger partial charge in [-0.3, -0.25) is 0 Å². The molecule has 6 heteroatoms. The number of anilines is 1. The van der Waals surface area contributed by atoms with Crippen LogP contribution in [0.4, 0.5) is 5.69 Å². The summed E-state index contributed by atoms with van der Waals surface area (Å²) >= 11 is 0. The lowest BCUT2D eigenvalue weighted by molar-refractivity contribution is 0.590. The second-order valence-corrected chi connectivity index (χ2v) is 5.25. The minimum Gasteiger partial charge on any atom is -0.369 e. The molecule has 2 heterocycles. The maximum Gasteiger partial charge on any atom is 0.246 e. The highest BCUT2D eigenvalue weighted by molar-refractivity contribution is 7.90. The molecule has 0 aromatic carbocycles. The van der Waals surface area contributed by atoms with E-state index in [1.54, 1.807) is 12.4 Å². The first kappa shape index (κ1) is 9.39. The van der Waals surface area contributed by atoms with E-state index in [1.807, 2.05) is 0 Å². The largest absolute Gasteiger partial charge is 0.369 e.